The Morgan fingerprint density at radius 2 is 1.71 bits per heavy atom. The number of benzene rings is 3. The summed E-state index contributed by atoms with van der Waals surface area (Å²) < 4.78 is 34.4. The van der Waals surface area contributed by atoms with Gasteiger partial charge in [-0.15, -0.1) is 0 Å². The largest absolute Gasteiger partial charge is 0.497 e. The summed E-state index contributed by atoms with van der Waals surface area (Å²) in [6.45, 7) is 0.234. The van der Waals surface area contributed by atoms with Crippen molar-refractivity contribution in [3.05, 3.63) is 84.1 Å². The van der Waals surface area contributed by atoms with Crippen molar-refractivity contribution in [1.82, 2.24) is 5.32 Å². The number of amides is 1. The number of hydrogen-bond acceptors (Lipinski definition) is 5. The van der Waals surface area contributed by atoms with Crippen LogP contribution in [0, 0.1) is 0 Å². The van der Waals surface area contributed by atoms with Crippen molar-refractivity contribution in [2.45, 2.75) is 11.4 Å². The molecule has 6 nitrogen and oxygen atoms in total. The Bertz CT molecular complexity index is 1340. The standard InChI is InChI=1S/C24H21NO5S/c1-29-18-10-13-20-21(14-18)30-23(22(20)17-6-4-3-5-7-17)24(26)25-15-16-8-11-19(12-9-16)31(2,27)28/h3-14H,15H2,1-2H3,(H,25,26). The van der Waals surface area contributed by atoms with Crippen LogP contribution in [0.15, 0.2) is 82.1 Å². The van der Waals surface area contributed by atoms with Crippen molar-refractivity contribution in [1.29, 1.82) is 0 Å². The molecule has 0 fully saturated rings. The zero-order valence-electron chi connectivity index (χ0n) is 17.1. The Balaban J connectivity index is 1.65. The highest BCUT2D eigenvalue weighted by Gasteiger charge is 2.22. The van der Waals surface area contributed by atoms with Crippen LogP contribution in [0.2, 0.25) is 0 Å². The normalized spacial score (nSPS) is 11.4. The Labute approximate surface area is 180 Å². The monoisotopic (exact) mass is 435 g/mol. The van der Waals surface area contributed by atoms with Crippen molar-refractivity contribution in [2.75, 3.05) is 13.4 Å². The number of ether oxygens (including phenoxy) is 1. The highest BCUT2D eigenvalue weighted by molar-refractivity contribution is 7.90. The third-order valence-electron chi connectivity index (χ3n) is 4.97. The van der Waals surface area contributed by atoms with Gasteiger partial charge in [-0.2, -0.15) is 0 Å². The van der Waals surface area contributed by atoms with Crippen LogP contribution < -0.4 is 10.1 Å². The molecule has 1 amide bonds. The van der Waals surface area contributed by atoms with Crippen LogP contribution in [0.25, 0.3) is 22.1 Å². The lowest BCUT2D eigenvalue weighted by atomic mass is 10.0. The molecule has 1 aromatic heterocycles. The Morgan fingerprint density at radius 1 is 1.00 bits per heavy atom. The lowest BCUT2D eigenvalue weighted by Gasteiger charge is -2.07. The number of hydrogen-bond donors (Lipinski definition) is 1. The van der Waals surface area contributed by atoms with E-state index < -0.39 is 9.84 Å². The van der Waals surface area contributed by atoms with Gasteiger partial charge in [0.05, 0.1) is 12.0 Å². The minimum Gasteiger partial charge on any atom is -0.497 e. The van der Waals surface area contributed by atoms with Gasteiger partial charge >= 0.3 is 0 Å². The molecule has 1 N–H and O–H groups in total. The van der Waals surface area contributed by atoms with E-state index in [1.807, 2.05) is 42.5 Å². The van der Waals surface area contributed by atoms with Crippen LogP contribution >= 0.6 is 0 Å². The molecule has 0 saturated heterocycles. The third-order valence-corrected chi connectivity index (χ3v) is 6.10. The Hall–Kier alpha value is -3.58. The SMILES string of the molecule is COc1ccc2c(-c3ccccc3)c(C(=O)NCc3ccc(S(C)(=O)=O)cc3)oc2c1. The maximum Gasteiger partial charge on any atom is 0.287 e. The summed E-state index contributed by atoms with van der Waals surface area (Å²) in [4.78, 5) is 13.3. The van der Waals surface area contributed by atoms with Gasteiger partial charge < -0.3 is 14.5 Å². The molecule has 0 unspecified atom stereocenters. The number of fused-ring (bicyclic) bond motifs is 1. The fourth-order valence-corrected chi connectivity index (χ4v) is 4.00. The maximum atomic E-state index is 13.0. The molecule has 31 heavy (non-hydrogen) atoms. The van der Waals surface area contributed by atoms with E-state index >= 15 is 0 Å². The van der Waals surface area contributed by atoms with Crippen molar-refractivity contribution >= 4 is 26.7 Å². The van der Waals surface area contributed by atoms with Crippen LogP contribution in [-0.4, -0.2) is 27.7 Å². The van der Waals surface area contributed by atoms with Gasteiger partial charge in [-0.3, -0.25) is 4.79 Å². The fraction of sp³-hybridized carbons (Fsp3) is 0.125. The molecular weight excluding hydrogens is 414 g/mol. The number of carbonyl (C=O) groups is 1. The fourth-order valence-electron chi connectivity index (χ4n) is 3.37. The predicted octanol–water partition coefficient (Wildman–Crippen LogP) is 4.44. The second kappa shape index (κ2) is 8.28. The van der Waals surface area contributed by atoms with E-state index in [0.717, 1.165) is 22.8 Å². The molecule has 0 aliphatic heterocycles. The van der Waals surface area contributed by atoms with Gasteiger partial charge in [0.25, 0.3) is 5.91 Å². The van der Waals surface area contributed by atoms with Crippen LogP contribution in [0.3, 0.4) is 0 Å². The van der Waals surface area contributed by atoms with Crippen molar-refractivity contribution in [3.63, 3.8) is 0 Å². The maximum absolute atomic E-state index is 13.0. The molecule has 0 atom stereocenters. The van der Waals surface area contributed by atoms with E-state index in [1.54, 1.807) is 25.3 Å². The topological polar surface area (TPSA) is 85.6 Å². The van der Waals surface area contributed by atoms with Crippen LogP contribution in [0.1, 0.15) is 16.1 Å². The van der Waals surface area contributed by atoms with E-state index in [-0.39, 0.29) is 23.1 Å². The number of methoxy groups -OCH3 is 1. The summed E-state index contributed by atoms with van der Waals surface area (Å²) >= 11 is 0. The minimum absolute atomic E-state index is 0.210. The van der Waals surface area contributed by atoms with Gasteiger partial charge in [0, 0.05) is 29.8 Å². The predicted molar refractivity (Wildman–Crippen MR) is 119 cm³/mol. The molecule has 0 bridgehead atoms. The summed E-state index contributed by atoms with van der Waals surface area (Å²) in [6.07, 6.45) is 1.16. The molecule has 158 valence electrons. The van der Waals surface area contributed by atoms with Gasteiger partial charge in [-0.1, -0.05) is 42.5 Å². The number of carbonyl (C=O) groups excluding carboxylic acids is 1. The molecular formula is C24H21NO5S. The first-order chi connectivity index (χ1) is 14.9. The third kappa shape index (κ3) is 4.32. The molecule has 0 radical (unpaired) electrons. The number of rotatable bonds is 6. The summed E-state index contributed by atoms with van der Waals surface area (Å²) in [7, 11) is -1.69. The molecule has 7 heteroatoms. The molecule has 4 aromatic rings. The first-order valence-corrected chi connectivity index (χ1v) is 11.5. The first kappa shape index (κ1) is 20.7. The lowest BCUT2D eigenvalue weighted by molar-refractivity contribution is 0.0926. The summed E-state index contributed by atoms with van der Waals surface area (Å²) in [5, 5.41) is 3.67. The number of sulfone groups is 1. The quantitative estimate of drug-likeness (QED) is 0.484. The van der Waals surface area contributed by atoms with Crippen LogP contribution in [0.5, 0.6) is 5.75 Å². The smallest absolute Gasteiger partial charge is 0.287 e. The highest BCUT2D eigenvalue weighted by atomic mass is 32.2. The Morgan fingerprint density at radius 3 is 2.35 bits per heavy atom. The summed E-state index contributed by atoms with van der Waals surface area (Å²) in [5.74, 6) is 0.488. The van der Waals surface area contributed by atoms with E-state index in [2.05, 4.69) is 5.32 Å². The molecule has 3 aromatic carbocycles. The molecule has 0 aliphatic carbocycles. The second-order valence-electron chi connectivity index (χ2n) is 7.13. The highest BCUT2D eigenvalue weighted by Crippen LogP contribution is 2.36. The zero-order chi connectivity index (χ0) is 22.0. The summed E-state index contributed by atoms with van der Waals surface area (Å²) in [6, 6.07) is 21.4. The van der Waals surface area contributed by atoms with Crippen molar-refractivity contribution < 1.29 is 22.4 Å². The Kier molecular flexibility index (Phi) is 5.52. The number of nitrogens with one attached hydrogen (secondary N) is 1. The van der Waals surface area contributed by atoms with Gasteiger partial charge in [0.1, 0.15) is 11.3 Å². The van der Waals surface area contributed by atoms with Gasteiger partial charge in [0.15, 0.2) is 9.84 Å². The van der Waals surface area contributed by atoms with Gasteiger partial charge in [0.2, 0.25) is 5.76 Å². The summed E-state index contributed by atoms with van der Waals surface area (Å²) in [5.41, 5.74) is 2.91. The number of furan rings is 1. The van der Waals surface area contributed by atoms with Crippen molar-refractivity contribution in [3.8, 4) is 16.9 Å². The van der Waals surface area contributed by atoms with Crippen LogP contribution in [0.4, 0.5) is 0 Å². The van der Waals surface area contributed by atoms with E-state index in [0.29, 0.717) is 16.9 Å². The molecule has 0 aliphatic rings. The first-order valence-electron chi connectivity index (χ1n) is 9.60. The average molecular weight is 436 g/mol. The lowest BCUT2D eigenvalue weighted by Crippen LogP contribution is -2.22. The molecule has 4 rings (SSSR count). The van der Waals surface area contributed by atoms with Crippen molar-refractivity contribution in [2.24, 2.45) is 0 Å². The molecule has 1 heterocycles. The minimum atomic E-state index is -3.26. The molecule has 0 spiro atoms. The van der Waals surface area contributed by atoms with Crippen LogP contribution in [-0.2, 0) is 16.4 Å². The van der Waals surface area contributed by atoms with Gasteiger partial charge in [-0.25, -0.2) is 8.42 Å². The van der Waals surface area contributed by atoms with E-state index in [1.165, 1.54) is 12.1 Å². The molecule has 0 saturated carbocycles. The zero-order valence-corrected chi connectivity index (χ0v) is 17.9. The van der Waals surface area contributed by atoms with Gasteiger partial charge in [-0.05, 0) is 35.4 Å². The average Bonchev–Trinajstić information content (AvgIpc) is 3.16. The van der Waals surface area contributed by atoms with E-state index in [4.69, 9.17) is 9.15 Å². The second-order valence-corrected chi connectivity index (χ2v) is 9.15. The van der Waals surface area contributed by atoms with E-state index in [9.17, 15) is 13.2 Å².